The zero-order chi connectivity index (χ0) is 17.0. The van der Waals surface area contributed by atoms with Crippen LogP contribution >= 0.6 is 15.9 Å². The highest BCUT2D eigenvalue weighted by Crippen LogP contribution is 2.34. The first-order chi connectivity index (χ1) is 11.6. The van der Waals surface area contributed by atoms with Crippen molar-refractivity contribution in [2.45, 2.75) is 25.1 Å². The molecule has 7 nitrogen and oxygen atoms in total. The molecule has 2 aromatic rings. The molecule has 2 heterocycles. The second kappa shape index (κ2) is 8.62. The molecule has 0 fully saturated rings. The zero-order valence-corrected chi connectivity index (χ0v) is 16.6. The fourth-order valence-corrected chi connectivity index (χ4v) is 3.24. The monoisotopic (exact) mass is 468 g/mol. The number of unbranched alkanes of at least 4 members (excludes halogenated alkanes) is 1. The van der Waals surface area contributed by atoms with Crippen LogP contribution in [0.1, 0.15) is 18.4 Å². The summed E-state index contributed by atoms with van der Waals surface area (Å²) < 4.78 is 2.92. The number of rotatable bonds is 6. The maximum atomic E-state index is 11.4. The lowest BCUT2D eigenvalue weighted by atomic mass is 10.0. The molecule has 1 aliphatic heterocycles. The summed E-state index contributed by atoms with van der Waals surface area (Å²) in [4.78, 5) is 9.12. The minimum Gasteiger partial charge on any atom is -1.00 e. The number of aliphatic hydroxyl groups is 1. The Balaban J connectivity index is 0.00000225. The third-order valence-electron chi connectivity index (χ3n) is 4.14. The second-order valence-electron chi connectivity index (χ2n) is 5.68. The van der Waals surface area contributed by atoms with Gasteiger partial charge in [0, 0.05) is 27.6 Å². The van der Waals surface area contributed by atoms with Crippen LogP contribution in [0.5, 0.6) is 0 Å². The Morgan fingerprint density at radius 1 is 1.36 bits per heavy atom. The van der Waals surface area contributed by atoms with Gasteiger partial charge in [-0.25, -0.2) is 9.47 Å². The molecule has 0 aliphatic carbocycles. The summed E-state index contributed by atoms with van der Waals surface area (Å²) in [6, 6.07) is 9.55. The van der Waals surface area contributed by atoms with Gasteiger partial charge in [0.2, 0.25) is 5.72 Å². The predicted octanol–water partition coefficient (Wildman–Crippen LogP) is -0.109. The van der Waals surface area contributed by atoms with Crippen molar-refractivity contribution < 1.29 is 26.7 Å². The van der Waals surface area contributed by atoms with E-state index in [1.807, 2.05) is 46.0 Å². The van der Waals surface area contributed by atoms with Gasteiger partial charge >= 0.3 is 5.95 Å². The average Bonchev–Trinajstić information content (AvgIpc) is 2.88. The highest BCUT2D eigenvalue weighted by molar-refractivity contribution is 9.10. The van der Waals surface area contributed by atoms with Crippen molar-refractivity contribution in [3.05, 3.63) is 63.2 Å². The largest absolute Gasteiger partial charge is 1.00 e. The SMILES string of the molecule is [Br-].[N-]=[N+]=NCCCCN1c2nccc[n+]2CC1(O)c1ccc(Br)cc1. The number of anilines is 1. The Hall–Kier alpha value is -1.67. The van der Waals surface area contributed by atoms with E-state index >= 15 is 0 Å². The van der Waals surface area contributed by atoms with E-state index in [-0.39, 0.29) is 17.0 Å². The Morgan fingerprint density at radius 2 is 2.12 bits per heavy atom. The van der Waals surface area contributed by atoms with Crippen LogP contribution in [-0.2, 0) is 12.3 Å². The zero-order valence-electron chi connectivity index (χ0n) is 13.5. The number of fused-ring (bicyclic) bond motifs is 1. The van der Waals surface area contributed by atoms with Gasteiger partial charge in [-0.2, -0.15) is 0 Å². The van der Waals surface area contributed by atoms with E-state index < -0.39 is 5.72 Å². The smallest absolute Gasteiger partial charge is 0.396 e. The molecule has 3 rings (SSSR count). The summed E-state index contributed by atoms with van der Waals surface area (Å²) in [5.74, 6) is 0.742. The Morgan fingerprint density at radius 3 is 2.84 bits per heavy atom. The molecule has 0 saturated carbocycles. The van der Waals surface area contributed by atoms with E-state index in [1.54, 1.807) is 6.20 Å². The molecule has 0 radical (unpaired) electrons. The van der Waals surface area contributed by atoms with Crippen molar-refractivity contribution in [2.75, 3.05) is 18.0 Å². The minimum absolute atomic E-state index is 0. The summed E-state index contributed by atoms with van der Waals surface area (Å²) in [5, 5.41) is 15.0. The van der Waals surface area contributed by atoms with Crippen LogP contribution in [0.4, 0.5) is 5.95 Å². The molecule has 9 heteroatoms. The molecule has 1 aromatic heterocycles. The van der Waals surface area contributed by atoms with Crippen molar-refractivity contribution in [3.63, 3.8) is 0 Å². The van der Waals surface area contributed by atoms with Gasteiger partial charge in [0.05, 0.1) is 12.7 Å². The lowest BCUT2D eigenvalue weighted by Gasteiger charge is -2.28. The number of nitrogens with zero attached hydrogens (tertiary/aromatic N) is 6. The molecule has 25 heavy (non-hydrogen) atoms. The van der Waals surface area contributed by atoms with Gasteiger partial charge in [0.1, 0.15) is 12.7 Å². The first-order valence-corrected chi connectivity index (χ1v) is 8.56. The molecular weight excluding hydrogens is 452 g/mol. The number of hydrogen-bond acceptors (Lipinski definition) is 4. The van der Waals surface area contributed by atoms with Crippen molar-refractivity contribution >= 4 is 21.9 Å². The predicted molar refractivity (Wildman–Crippen MR) is 93.1 cm³/mol. The van der Waals surface area contributed by atoms with Gasteiger partial charge in [-0.05, 0) is 30.5 Å². The lowest BCUT2D eigenvalue weighted by Crippen LogP contribution is -3.00. The van der Waals surface area contributed by atoms with Crippen LogP contribution in [0, 0.1) is 0 Å². The minimum atomic E-state index is -1.14. The molecule has 1 aliphatic rings. The van der Waals surface area contributed by atoms with Gasteiger partial charge < -0.3 is 22.1 Å². The molecule has 1 unspecified atom stereocenters. The molecule has 1 atom stereocenters. The lowest BCUT2D eigenvalue weighted by molar-refractivity contribution is -0.685. The van der Waals surface area contributed by atoms with Crippen LogP contribution in [0.2, 0.25) is 0 Å². The molecule has 0 saturated heterocycles. The molecule has 0 spiro atoms. The second-order valence-corrected chi connectivity index (χ2v) is 6.60. The van der Waals surface area contributed by atoms with E-state index in [4.69, 9.17) is 5.53 Å². The topological polar surface area (TPSA) is 89.0 Å². The van der Waals surface area contributed by atoms with Gasteiger partial charge in [0.25, 0.3) is 0 Å². The molecule has 0 amide bonds. The van der Waals surface area contributed by atoms with Crippen molar-refractivity contribution in [3.8, 4) is 0 Å². The molecule has 132 valence electrons. The van der Waals surface area contributed by atoms with Crippen molar-refractivity contribution in [1.82, 2.24) is 4.98 Å². The van der Waals surface area contributed by atoms with Crippen LogP contribution in [-0.4, -0.2) is 23.2 Å². The maximum absolute atomic E-state index is 11.4. The summed E-state index contributed by atoms with van der Waals surface area (Å²) in [5.41, 5.74) is 8.04. The summed E-state index contributed by atoms with van der Waals surface area (Å²) in [7, 11) is 0. The van der Waals surface area contributed by atoms with Crippen LogP contribution in [0.15, 0.2) is 52.3 Å². The Bertz CT molecular complexity index is 765. The van der Waals surface area contributed by atoms with Crippen molar-refractivity contribution in [1.29, 1.82) is 0 Å². The Labute approximate surface area is 164 Å². The number of aromatic nitrogens is 2. The average molecular weight is 470 g/mol. The molecule has 0 bridgehead atoms. The van der Waals surface area contributed by atoms with Gasteiger partial charge in [-0.3, -0.25) is 0 Å². The molecule has 1 N–H and O–H groups in total. The summed E-state index contributed by atoms with van der Waals surface area (Å²) in [6.45, 7) is 1.52. The standard InChI is InChI=1S/C16H18BrN6O.BrH/c17-14-6-4-13(5-7-14)16(24)12-22-10-3-8-19-15(22)23(16)11-2-1-9-20-21-18;/h3-8,10,24H,1-2,9,11-12H2;1H/q+1;/p-1. The van der Waals surface area contributed by atoms with Crippen LogP contribution in [0.3, 0.4) is 0 Å². The fraction of sp³-hybridized carbons (Fsp3) is 0.375. The highest BCUT2D eigenvalue weighted by atomic mass is 79.9. The third-order valence-corrected chi connectivity index (χ3v) is 4.67. The van der Waals surface area contributed by atoms with E-state index in [0.717, 1.165) is 28.8 Å². The summed E-state index contributed by atoms with van der Waals surface area (Å²) in [6.07, 6.45) is 5.22. The molecular formula is C16H18Br2N6O. The van der Waals surface area contributed by atoms with Crippen LogP contribution < -0.4 is 26.4 Å². The van der Waals surface area contributed by atoms with Crippen LogP contribution in [0.25, 0.3) is 10.4 Å². The van der Waals surface area contributed by atoms with Gasteiger partial charge in [0.15, 0.2) is 0 Å². The van der Waals surface area contributed by atoms with E-state index in [0.29, 0.717) is 19.6 Å². The quantitative estimate of drug-likeness (QED) is 0.210. The van der Waals surface area contributed by atoms with E-state index in [9.17, 15) is 5.11 Å². The highest BCUT2D eigenvalue weighted by Gasteiger charge is 2.50. The van der Waals surface area contributed by atoms with Gasteiger partial charge in [-0.15, -0.1) is 0 Å². The number of hydrogen-bond donors (Lipinski definition) is 1. The number of benzene rings is 1. The van der Waals surface area contributed by atoms with Crippen molar-refractivity contribution in [2.24, 2.45) is 5.11 Å². The third kappa shape index (κ3) is 4.12. The van der Waals surface area contributed by atoms with E-state index in [1.165, 1.54) is 0 Å². The summed E-state index contributed by atoms with van der Waals surface area (Å²) >= 11 is 3.43. The van der Waals surface area contributed by atoms with E-state index in [2.05, 4.69) is 30.9 Å². The maximum Gasteiger partial charge on any atom is 0.396 e. The Kier molecular flexibility index (Phi) is 6.78. The first kappa shape index (κ1) is 19.7. The fourth-order valence-electron chi connectivity index (χ4n) is 2.98. The molecule has 1 aromatic carbocycles. The van der Waals surface area contributed by atoms with Gasteiger partial charge in [-0.1, -0.05) is 38.2 Å². The first-order valence-electron chi connectivity index (χ1n) is 7.76. The number of halogens is 2. The normalized spacial score (nSPS) is 18.2. The number of azide groups is 1.